The first-order valence-corrected chi connectivity index (χ1v) is 12.4. The highest BCUT2D eigenvalue weighted by Crippen LogP contribution is 2.23. The largest absolute Gasteiger partial charge is 0.325 e. The van der Waals surface area contributed by atoms with E-state index in [0.717, 1.165) is 11.3 Å². The molecule has 37 heavy (non-hydrogen) atoms. The molecule has 0 saturated carbocycles. The Morgan fingerprint density at radius 3 is 2.27 bits per heavy atom. The summed E-state index contributed by atoms with van der Waals surface area (Å²) in [4.78, 5) is 25.5. The van der Waals surface area contributed by atoms with E-state index in [1.54, 1.807) is 24.3 Å². The van der Waals surface area contributed by atoms with Crippen molar-refractivity contribution < 1.29 is 9.59 Å². The van der Waals surface area contributed by atoms with Gasteiger partial charge in [-0.1, -0.05) is 60.3 Å². The van der Waals surface area contributed by atoms with E-state index in [-0.39, 0.29) is 24.0 Å². The minimum absolute atomic E-state index is 0.0260. The summed E-state index contributed by atoms with van der Waals surface area (Å²) in [5.74, 6) is 1.02. The first-order chi connectivity index (χ1) is 18.1. The Balaban J connectivity index is 1.32. The topological polar surface area (TPSA) is 120 Å². The van der Waals surface area contributed by atoms with E-state index in [1.165, 1.54) is 23.5 Å². The number of amides is 1. The van der Waals surface area contributed by atoms with Crippen LogP contribution < -0.4 is 5.32 Å². The van der Waals surface area contributed by atoms with E-state index in [9.17, 15) is 9.59 Å². The molecule has 0 aliphatic heterocycles. The lowest BCUT2D eigenvalue weighted by molar-refractivity contribution is -0.113. The van der Waals surface area contributed by atoms with Crippen molar-refractivity contribution in [1.29, 1.82) is 0 Å². The second-order valence-electron chi connectivity index (χ2n) is 8.05. The molecule has 0 saturated heterocycles. The van der Waals surface area contributed by atoms with E-state index < -0.39 is 0 Å². The maximum Gasteiger partial charge on any atom is 0.234 e. The van der Waals surface area contributed by atoms with Gasteiger partial charge in [0.05, 0.1) is 5.75 Å². The molecular formula is C26H22N8O2S. The first kappa shape index (κ1) is 24.1. The number of ketones is 1. The molecule has 2 heterocycles. The second-order valence-corrected chi connectivity index (χ2v) is 8.99. The monoisotopic (exact) mass is 510 g/mol. The fourth-order valence-corrected chi connectivity index (χ4v) is 4.36. The Bertz CT molecular complexity index is 1520. The molecule has 1 N–H and O–H groups in total. The van der Waals surface area contributed by atoms with Gasteiger partial charge in [0.15, 0.2) is 16.8 Å². The highest BCUT2D eigenvalue weighted by atomic mass is 32.2. The molecule has 2 aromatic heterocycles. The number of thioether (sulfide) groups is 1. The molecule has 0 bridgehead atoms. The number of Topliss-reactive ketones (excluding diaryl/α,β-unsaturated/α-hetero) is 1. The number of carbonyl (C=O) groups excluding carboxylic acids is 2. The number of nitrogens with one attached hydrogen (secondary N) is 1. The Morgan fingerprint density at radius 1 is 0.865 bits per heavy atom. The maximum absolute atomic E-state index is 12.6. The summed E-state index contributed by atoms with van der Waals surface area (Å²) in [5, 5.41) is 24.9. The number of hydrogen-bond donors (Lipinski definition) is 1. The third-order valence-electron chi connectivity index (χ3n) is 5.39. The standard InChI is InChI=1S/C26H22N8O2S/c1-18(35)19-12-14-21(15-13-19)27-24(36)17-37-26-30-28-23(34(26)22-10-6-3-7-11-22)16-33-31-25(29-32-33)20-8-4-2-5-9-20/h2-15H,16-17H2,1H3,(H,27,36). The summed E-state index contributed by atoms with van der Waals surface area (Å²) in [5.41, 5.74) is 2.94. The number of anilines is 1. The fourth-order valence-electron chi connectivity index (χ4n) is 3.59. The minimum atomic E-state index is -0.199. The van der Waals surface area contributed by atoms with Crippen molar-refractivity contribution in [2.24, 2.45) is 0 Å². The molecule has 3 aromatic carbocycles. The summed E-state index contributed by atoms with van der Waals surface area (Å²) in [6, 6.07) is 26.1. The molecule has 1 amide bonds. The van der Waals surface area contributed by atoms with Crippen LogP contribution in [-0.2, 0) is 11.3 Å². The van der Waals surface area contributed by atoms with Crippen molar-refractivity contribution in [3.05, 3.63) is 96.3 Å². The molecule has 0 fully saturated rings. The minimum Gasteiger partial charge on any atom is -0.325 e. The van der Waals surface area contributed by atoms with Gasteiger partial charge in [0.2, 0.25) is 11.7 Å². The van der Waals surface area contributed by atoms with E-state index >= 15 is 0 Å². The Labute approximate surface area is 216 Å². The zero-order valence-corrected chi connectivity index (χ0v) is 20.7. The molecule has 5 aromatic rings. The molecule has 184 valence electrons. The van der Waals surface area contributed by atoms with Crippen molar-refractivity contribution >= 4 is 29.1 Å². The van der Waals surface area contributed by atoms with Gasteiger partial charge in [-0.05, 0) is 48.5 Å². The van der Waals surface area contributed by atoms with Crippen molar-refractivity contribution in [3.63, 3.8) is 0 Å². The van der Waals surface area contributed by atoms with Gasteiger partial charge in [0.25, 0.3) is 0 Å². The van der Waals surface area contributed by atoms with Gasteiger partial charge < -0.3 is 5.32 Å². The molecule has 0 atom stereocenters. The number of para-hydroxylation sites is 1. The van der Waals surface area contributed by atoms with Crippen LogP contribution >= 0.6 is 11.8 Å². The van der Waals surface area contributed by atoms with Gasteiger partial charge in [-0.3, -0.25) is 14.2 Å². The third-order valence-corrected chi connectivity index (χ3v) is 6.32. The molecule has 0 aliphatic rings. The normalized spacial score (nSPS) is 10.8. The van der Waals surface area contributed by atoms with Gasteiger partial charge in [-0.2, -0.15) is 4.80 Å². The van der Waals surface area contributed by atoms with Crippen molar-refractivity contribution in [1.82, 2.24) is 35.0 Å². The molecular weight excluding hydrogens is 488 g/mol. The van der Waals surface area contributed by atoms with Crippen LogP contribution in [-0.4, -0.2) is 52.4 Å². The lowest BCUT2D eigenvalue weighted by atomic mass is 10.1. The maximum atomic E-state index is 12.6. The quantitative estimate of drug-likeness (QED) is 0.234. The third kappa shape index (κ3) is 5.78. The number of rotatable bonds is 9. The average molecular weight is 511 g/mol. The van der Waals surface area contributed by atoms with Gasteiger partial charge >= 0.3 is 0 Å². The molecule has 0 aliphatic carbocycles. The molecule has 5 rings (SSSR count). The summed E-state index contributed by atoms with van der Waals surface area (Å²) in [6.45, 7) is 1.75. The Morgan fingerprint density at radius 2 is 1.57 bits per heavy atom. The van der Waals surface area contributed by atoms with Crippen LogP contribution in [0.3, 0.4) is 0 Å². The van der Waals surface area contributed by atoms with Gasteiger partial charge in [0, 0.05) is 22.5 Å². The highest BCUT2D eigenvalue weighted by molar-refractivity contribution is 7.99. The van der Waals surface area contributed by atoms with E-state index in [0.29, 0.717) is 28.1 Å². The summed E-state index contributed by atoms with van der Waals surface area (Å²) in [6.07, 6.45) is 0. The smallest absolute Gasteiger partial charge is 0.234 e. The van der Waals surface area contributed by atoms with Crippen LogP contribution in [0.5, 0.6) is 0 Å². The lowest BCUT2D eigenvalue weighted by Gasteiger charge is -2.10. The van der Waals surface area contributed by atoms with Crippen LogP contribution in [0.4, 0.5) is 5.69 Å². The fraction of sp³-hybridized carbons (Fsp3) is 0.115. The Hall–Kier alpha value is -4.64. The number of tetrazole rings is 1. The lowest BCUT2D eigenvalue weighted by Crippen LogP contribution is -2.15. The number of benzene rings is 3. The van der Waals surface area contributed by atoms with Crippen molar-refractivity contribution in [3.8, 4) is 17.1 Å². The predicted octanol–water partition coefficient (Wildman–Crippen LogP) is 3.90. The summed E-state index contributed by atoms with van der Waals surface area (Å²) >= 11 is 1.27. The molecule has 11 heteroatoms. The van der Waals surface area contributed by atoms with Crippen LogP contribution in [0.2, 0.25) is 0 Å². The Kier molecular flexibility index (Phi) is 7.13. The first-order valence-electron chi connectivity index (χ1n) is 11.4. The highest BCUT2D eigenvalue weighted by Gasteiger charge is 2.18. The van der Waals surface area contributed by atoms with Crippen molar-refractivity contribution in [2.75, 3.05) is 11.1 Å². The SMILES string of the molecule is CC(=O)c1ccc(NC(=O)CSc2nnc(Cn3nnc(-c4ccccc4)n3)n2-c2ccccc2)cc1. The number of aromatic nitrogens is 7. The van der Waals surface area contributed by atoms with E-state index in [2.05, 4.69) is 30.9 Å². The van der Waals surface area contributed by atoms with Gasteiger partial charge in [0.1, 0.15) is 6.54 Å². The molecule has 0 spiro atoms. The van der Waals surface area contributed by atoms with Crippen LogP contribution in [0.25, 0.3) is 17.1 Å². The van der Waals surface area contributed by atoms with Gasteiger partial charge in [-0.15, -0.1) is 20.4 Å². The molecule has 0 unspecified atom stereocenters. The van der Waals surface area contributed by atoms with Crippen LogP contribution in [0, 0.1) is 0 Å². The van der Waals surface area contributed by atoms with Crippen LogP contribution in [0.1, 0.15) is 23.1 Å². The number of hydrogen-bond acceptors (Lipinski definition) is 8. The van der Waals surface area contributed by atoms with Gasteiger partial charge in [-0.25, -0.2) is 0 Å². The van der Waals surface area contributed by atoms with Crippen LogP contribution in [0.15, 0.2) is 90.1 Å². The molecule has 10 nitrogen and oxygen atoms in total. The number of nitrogens with zero attached hydrogens (tertiary/aromatic N) is 7. The van der Waals surface area contributed by atoms with E-state index in [1.807, 2.05) is 65.2 Å². The zero-order chi connectivity index (χ0) is 25.6. The van der Waals surface area contributed by atoms with E-state index in [4.69, 9.17) is 0 Å². The number of carbonyl (C=O) groups is 2. The molecule has 0 radical (unpaired) electrons. The second kappa shape index (κ2) is 11.0. The predicted molar refractivity (Wildman–Crippen MR) is 140 cm³/mol. The summed E-state index contributed by atoms with van der Waals surface area (Å²) in [7, 11) is 0. The summed E-state index contributed by atoms with van der Waals surface area (Å²) < 4.78 is 1.88. The zero-order valence-electron chi connectivity index (χ0n) is 19.9. The van der Waals surface area contributed by atoms with Crippen molar-refractivity contribution in [2.45, 2.75) is 18.6 Å². The average Bonchev–Trinajstić information content (AvgIpc) is 3.56.